The van der Waals surface area contributed by atoms with Crippen LogP contribution >= 0.6 is 0 Å². The first-order valence-corrected chi connectivity index (χ1v) is 8.03. The van der Waals surface area contributed by atoms with Crippen LogP contribution in [0.3, 0.4) is 0 Å². The van der Waals surface area contributed by atoms with E-state index in [9.17, 15) is 9.59 Å². The molecule has 0 unspecified atom stereocenters. The molecule has 4 nitrogen and oxygen atoms in total. The topological polar surface area (TPSA) is 51.1 Å². The summed E-state index contributed by atoms with van der Waals surface area (Å²) in [6.07, 6.45) is 2.02. The summed E-state index contributed by atoms with van der Waals surface area (Å²) in [6, 6.07) is 16.9. The van der Waals surface area contributed by atoms with E-state index in [0.717, 1.165) is 10.9 Å². The average Bonchev–Trinajstić information content (AvgIpc) is 3.03. The number of fused-ring (bicyclic) bond motifs is 1. The SMILES string of the molecule is CC(C)n1ccc2cc(C(=O)NCC(=O)c3ccccc3)ccc21. The fraction of sp³-hybridized carbons (Fsp3) is 0.200. The van der Waals surface area contributed by atoms with E-state index in [-0.39, 0.29) is 18.2 Å². The van der Waals surface area contributed by atoms with Crippen molar-refractivity contribution in [2.45, 2.75) is 19.9 Å². The Balaban J connectivity index is 1.71. The van der Waals surface area contributed by atoms with E-state index in [4.69, 9.17) is 0 Å². The maximum Gasteiger partial charge on any atom is 0.251 e. The number of benzene rings is 2. The zero-order valence-corrected chi connectivity index (χ0v) is 13.8. The number of carbonyl (C=O) groups is 2. The van der Waals surface area contributed by atoms with Crippen molar-refractivity contribution < 1.29 is 9.59 Å². The molecule has 0 saturated heterocycles. The minimum atomic E-state index is -0.238. The minimum Gasteiger partial charge on any atom is -0.345 e. The van der Waals surface area contributed by atoms with Gasteiger partial charge in [0.25, 0.3) is 5.91 Å². The number of ketones is 1. The van der Waals surface area contributed by atoms with Crippen molar-refractivity contribution in [3.8, 4) is 0 Å². The van der Waals surface area contributed by atoms with Crippen molar-refractivity contribution in [3.63, 3.8) is 0 Å². The van der Waals surface area contributed by atoms with Crippen LogP contribution in [0.5, 0.6) is 0 Å². The molecule has 0 saturated carbocycles. The number of Topliss-reactive ketones (excluding diaryl/α,β-unsaturated/α-hetero) is 1. The number of nitrogens with one attached hydrogen (secondary N) is 1. The second kappa shape index (κ2) is 6.71. The molecule has 0 fully saturated rings. The van der Waals surface area contributed by atoms with Gasteiger partial charge in [0, 0.05) is 34.3 Å². The number of rotatable bonds is 5. The molecule has 0 aliphatic rings. The number of carbonyl (C=O) groups excluding carboxylic acids is 2. The van der Waals surface area contributed by atoms with Gasteiger partial charge in [-0.3, -0.25) is 9.59 Å². The molecule has 24 heavy (non-hydrogen) atoms. The first-order chi connectivity index (χ1) is 11.6. The van der Waals surface area contributed by atoms with Crippen molar-refractivity contribution in [1.29, 1.82) is 0 Å². The van der Waals surface area contributed by atoms with Crippen molar-refractivity contribution in [3.05, 3.63) is 71.9 Å². The quantitative estimate of drug-likeness (QED) is 0.726. The fourth-order valence-electron chi connectivity index (χ4n) is 2.74. The second-order valence-corrected chi connectivity index (χ2v) is 6.06. The van der Waals surface area contributed by atoms with Crippen LogP contribution in [0.25, 0.3) is 10.9 Å². The van der Waals surface area contributed by atoms with Gasteiger partial charge in [-0.15, -0.1) is 0 Å². The van der Waals surface area contributed by atoms with E-state index in [1.54, 1.807) is 18.2 Å². The first-order valence-electron chi connectivity index (χ1n) is 8.03. The highest BCUT2D eigenvalue weighted by Gasteiger charge is 2.11. The molecular weight excluding hydrogens is 300 g/mol. The highest BCUT2D eigenvalue weighted by molar-refractivity contribution is 6.03. The Kier molecular flexibility index (Phi) is 4.47. The van der Waals surface area contributed by atoms with Gasteiger partial charge in [0.05, 0.1) is 6.54 Å². The Morgan fingerprint density at radius 3 is 2.46 bits per heavy atom. The van der Waals surface area contributed by atoms with Gasteiger partial charge in [0.15, 0.2) is 5.78 Å². The van der Waals surface area contributed by atoms with Crippen LogP contribution in [-0.4, -0.2) is 22.8 Å². The monoisotopic (exact) mass is 320 g/mol. The second-order valence-electron chi connectivity index (χ2n) is 6.06. The van der Waals surface area contributed by atoms with Crippen LogP contribution in [-0.2, 0) is 0 Å². The largest absolute Gasteiger partial charge is 0.345 e. The van der Waals surface area contributed by atoms with Crippen LogP contribution in [0.1, 0.15) is 40.6 Å². The predicted octanol–water partition coefficient (Wildman–Crippen LogP) is 3.83. The summed E-state index contributed by atoms with van der Waals surface area (Å²) in [5.74, 6) is -0.338. The van der Waals surface area contributed by atoms with E-state index >= 15 is 0 Å². The third-order valence-corrected chi connectivity index (χ3v) is 4.04. The van der Waals surface area contributed by atoms with Crippen LogP contribution in [0.15, 0.2) is 60.8 Å². The van der Waals surface area contributed by atoms with Crippen LogP contribution < -0.4 is 5.32 Å². The Morgan fingerprint density at radius 1 is 1.00 bits per heavy atom. The molecule has 3 rings (SSSR count). The summed E-state index contributed by atoms with van der Waals surface area (Å²) in [4.78, 5) is 24.3. The molecule has 0 atom stereocenters. The minimum absolute atomic E-state index is 0.00606. The number of nitrogens with zero attached hydrogens (tertiary/aromatic N) is 1. The molecule has 1 N–H and O–H groups in total. The van der Waals surface area contributed by atoms with Gasteiger partial charge in [-0.1, -0.05) is 30.3 Å². The zero-order chi connectivity index (χ0) is 17.1. The number of amides is 1. The lowest BCUT2D eigenvalue weighted by molar-refractivity contribution is 0.0904. The molecule has 0 bridgehead atoms. The molecule has 122 valence electrons. The maximum atomic E-state index is 12.3. The van der Waals surface area contributed by atoms with Gasteiger partial charge in [0.1, 0.15) is 0 Å². The standard InChI is InChI=1S/C20H20N2O2/c1-14(2)22-11-10-16-12-17(8-9-18(16)22)20(24)21-13-19(23)15-6-4-3-5-7-15/h3-12,14H,13H2,1-2H3,(H,21,24). The van der Waals surface area contributed by atoms with E-state index < -0.39 is 0 Å². The van der Waals surface area contributed by atoms with E-state index in [2.05, 4.69) is 23.7 Å². The van der Waals surface area contributed by atoms with Crippen LogP contribution in [0.2, 0.25) is 0 Å². The molecule has 0 aliphatic carbocycles. The lowest BCUT2D eigenvalue weighted by Gasteiger charge is -2.10. The Hall–Kier alpha value is -2.88. The van der Waals surface area contributed by atoms with Crippen molar-refractivity contribution in [2.24, 2.45) is 0 Å². The third-order valence-electron chi connectivity index (χ3n) is 4.04. The zero-order valence-electron chi connectivity index (χ0n) is 13.8. The molecule has 4 heteroatoms. The number of aromatic nitrogens is 1. The fourth-order valence-corrected chi connectivity index (χ4v) is 2.74. The molecule has 1 heterocycles. The lowest BCUT2D eigenvalue weighted by atomic mass is 10.1. The van der Waals surface area contributed by atoms with Gasteiger partial charge < -0.3 is 9.88 Å². The predicted molar refractivity (Wildman–Crippen MR) is 95.4 cm³/mol. The van der Waals surface area contributed by atoms with Crippen molar-refractivity contribution in [1.82, 2.24) is 9.88 Å². The Labute approximate surface area is 141 Å². The van der Waals surface area contributed by atoms with E-state index in [1.165, 1.54) is 0 Å². The van der Waals surface area contributed by atoms with Crippen LogP contribution in [0.4, 0.5) is 0 Å². The lowest BCUT2D eigenvalue weighted by Crippen LogP contribution is -2.29. The number of hydrogen-bond acceptors (Lipinski definition) is 2. The summed E-state index contributed by atoms with van der Waals surface area (Å²) in [7, 11) is 0. The van der Waals surface area contributed by atoms with E-state index in [0.29, 0.717) is 17.2 Å². The van der Waals surface area contributed by atoms with Gasteiger partial charge >= 0.3 is 0 Å². The molecule has 0 spiro atoms. The van der Waals surface area contributed by atoms with E-state index in [1.807, 2.05) is 42.6 Å². The smallest absolute Gasteiger partial charge is 0.251 e. The van der Waals surface area contributed by atoms with Crippen molar-refractivity contribution in [2.75, 3.05) is 6.54 Å². The summed E-state index contributed by atoms with van der Waals surface area (Å²) in [5.41, 5.74) is 2.26. The third kappa shape index (κ3) is 3.23. The Bertz CT molecular complexity index is 879. The number of hydrogen-bond donors (Lipinski definition) is 1. The van der Waals surface area contributed by atoms with Crippen molar-refractivity contribution >= 4 is 22.6 Å². The summed E-state index contributed by atoms with van der Waals surface area (Å²) in [6.45, 7) is 4.23. The maximum absolute atomic E-state index is 12.3. The highest BCUT2D eigenvalue weighted by atomic mass is 16.2. The molecule has 1 amide bonds. The first kappa shape index (κ1) is 16.0. The Morgan fingerprint density at radius 2 is 1.75 bits per heavy atom. The van der Waals surface area contributed by atoms with Gasteiger partial charge in [-0.05, 0) is 38.1 Å². The molecule has 0 aliphatic heterocycles. The molecule has 3 aromatic rings. The van der Waals surface area contributed by atoms with Gasteiger partial charge in [0.2, 0.25) is 0 Å². The average molecular weight is 320 g/mol. The van der Waals surface area contributed by atoms with Gasteiger partial charge in [-0.2, -0.15) is 0 Å². The van der Waals surface area contributed by atoms with Gasteiger partial charge in [-0.25, -0.2) is 0 Å². The molecule has 2 aromatic carbocycles. The molecular formula is C20H20N2O2. The molecule has 0 radical (unpaired) electrons. The molecule has 1 aromatic heterocycles. The summed E-state index contributed by atoms with van der Waals surface area (Å²) >= 11 is 0. The summed E-state index contributed by atoms with van der Waals surface area (Å²) in [5, 5.41) is 3.72. The normalized spacial score (nSPS) is 11.0. The van der Waals surface area contributed by atoms with Crippen LogP contribution in [0, 0.1) is 0 Å². The highest BCUT2D eigenvalue weighted by Crippen LogP contribution is 2.21. The summed E-state index contributed by atoms with van der Waals surface area (Å²) < 4.78 is 2.16.